The third-order valence-electron chi connectivity index (χ3n) is 4.86. The second kappa shape index (κ2) is 9.44. The Morgan fingerprint density at radius 2 is 1.87 bits per heavy atom. The normalized spacial score (nSPS) is 11.3. The highest BCUT2D eigenvalue weighted by molar-refractivity contribution is 7.22. The molecule has 0 aliphatic heterocycles. The van der Waals surface area contributed by atoms with Crippen LogP contribution >= 0.6 is 11.3 Å². The van der Waals surface area contributed by atoms with E-state index in [1.807, 2.05) is 50.8 Å². The van der Waals surface area contributed by atoms with E-state index in [4.69, 9.17) is 14.5 Å². The average Bonchev–Trinajstić information content (AvgIpc) is 3.33. The van der Waals surface area contributed by atoms with Gasteiger partial charge in [0.1, 0.15) is 21.7 Å². The van der Waals surface area contributed by atoms with Crippen molar-refractivity contribution in [2.45, 2.75) is 26.8 Å². The highest BCUT2D eigenvalue weighted by Gasteiger charge is 2.25. The molecule has 0 saturated heterocycles. The lowest BCUT2D eigenvalue weighted by atomic mass is 10.3. The third-order valence-corrected chi connectivity index (χ3v) is 5.95. The van der Waals surface area contributed by atoms with Gasteiger partial charge in [0.25, 0.3) is 5.91 Å². The lowest BCUT2D eigenvalue weighted by molar-refractivity contribution is 0.0980. The van der Waals surface area contributed by atoms with Gasteiger partial charge in [-0.15, -0.1) is 0 Å². The monoisotopic (exact) mass is 431 g/mol. The number of benzene rings is 1. The molecule has 1 aromatic carbocycles. The fraction of sp³-hybridized carbons (Fsp3) is 0.476. The Morgan fingerprint density at radius 3 is 2.47 bits per heavy atom. The number of carbonyl (C=O) groups is 1. The van der Waals surface area contributed by atoms with Crippen LogP contribution in [-0.2, 0) is 6.54 Å². The summed E-state index contributed by atoms with van der Waals surface area (Å²) >= 11 is 1.43. The lowest BCUT2D eigenvalue weighted by Crippen LogP contribution is -2.33. The number of hydrogen-bond donors (Lipinski definition) is 0. The molecule has 30 heavy (non-hydrogen) atoms. The van der Waals surface area contributed by atoms with Gasteiger partial charge < -0.3 is 14.4 Å². The number of methoxy groups -OCH3 is 2. The van der Waals surface area contributed by atoms with Crippen molar-refractivity contribution in [2.24, 2.45) is 0 Å². The van der Waals surface area contributed by atoms with Crippen LogP contribution < -0.4 is 14.4 Å². The Labute approximate surface area is 181 Å². The Kier molecular flexibility index (Phi) is 6.94. The van der Waals surface area contributed by atoms with E-state index in [0.29, 0.717) is 34.4 Å². The maximum absolute atomic E-state index is 13.4. The molecule has 162 valence electrons. The number of ether oxygens (including phenoxy) is 2. The zero-order chi connectivity index (χ0) is 21.8. The fourth-order valence-electron chi connectivity index (χ4n) is 3.29. The minimum Gasteiger partial charge on any atom is -0.495 e. The van der Waals surface area contributed by atoms with Crippen LogP contribution in [0.1, 0.15) is 29.5 Å². The zero-order valence-electron chi connectivity index (χ0n) is 18.4. The summed E-state index contributed by atoms with van der Waals surface area (Å²) in [6, 6.07) is 5.52. The summed E-state index contributed by atoms with van der Waals surface area (Å²) in [5.41, 5.74) is 2.08. The van der Waals surface area contributed by atoms with E-state index in [9.17, 15) is 4.79 Å². The van der Waals surface area contributed by atoms with Crippen LogP contribution in [0, 0.1) is 6.92 Å². The first kappa shape index (κ1) is 22.0. The van der Waals surface area contributed by atoms with Crippen molar-refractivity contribution in [2.75, 3.05) is 46.3 Å². The SMILES string of the molecule is CCn1nc(C(=O)N(CCCN(C)C)c2nc3c(OC)ccc(OC)c3s2)cc1C. The molecule has 0 spiro atoms. The first-order chi connectivity index (χ1) is 14.4. The number of hydrogen-bond acceptors (Lipinski definition) is 7. The number of aromatic nitrogens is 3. The molecular formula is C21H29N5O3S. The molecular weight excluding hydrogens is 402 g/mol. The highest BCUT2D eigenvalue weighted by atomic mass is 32.1. The molecule has 0 atom stereocenters. The van der Waals surface area contributed by atoms with Crippen LogP contribution in [0.3, 0.4) is 0 Å². The maximum Gasteiger partial charge on any atom is 0.280 e. The summed E-state index contributed by atoms with van der Waals surface area (Å²) in [6.07, 6.45) is 0.816. The van der Waals surface area contributed by atoms with Crippen LogP contribution in [0.25, 0.3) is 10.2 Å². The quantitative estimate of drug-likeness (QED) is 0.517. The molecule has 0 saturated carbocycles. The molecule has 0 radical (unpaired) electrons. The fourth-order valence-corrected chi connectivity index (χ4v) is 4.39. The molecule has 1 amide bonds. The highest BCUT2D eigenvalue weighted by Crippen LogP contribution is 2.40. The van der Waals surface area contributed by atoms with Crippen molar-refractivity contribution in [3.8, 4) is 11.5 Å². The Hall–Kier alpha value is -2.65. The maximum atomic E-state index is 13.4. The van der Waals surface area contributed by atoms with Gasteiger partial charge in [0.05, 0.1) is 14.2 Å². The molecule has 0 bridgehead atoms. The van der Waals surface area contributed by atoms with Crippen molar-refractivity contribution in [3.05, 3.63) is 29.6 Å². The van der Waals surface area contributed by atoms with Crippen molar-refractivity contribution < 1.29 is 14.3 Å². The van der Waals surface area contributed by atoms with Gasteiger partial charge in [-0.25, -0.2) is 4.98 Å². The number of rotatable bonds is 9. The molecule has 0 unspecified atom stereocenters. The van der Waals surface area contributed by atoms with Gasteiger partial charge in [-0.2, -0.15) is 5.10 Å². The molecule has 3 aromatic rings. The van der Waals surface area contributed by atoms with Gasteiger partial charge in [-0.05, 0) is 59.1 Å². The van der Waals surface area contributed by atoms with E-state index >= 15 is 0 Å². The summed E-state index contributed by atoms with van der Waals surface area (Å²) in [5.74, 6) is 1.21. The van der Waals surface area contributed by atoms with Gasteiger partial charge >= 0.3 is 0 Å². The third kappa shape index (κ3) is 4.41. The molecule has 9 heteroatoms. The molecule has 2 aromatic heterocycles. The minimum absolute atomic E-state index is 0.152. The predicted molar refractivity (Wildman–Crippen MR) is 120 cm³/mol. The molecule has 0 aliphatic rings. The standard InChI is InChI=1S/C21H29N5O3S/c1-7-26-14(2)13-15(23-26)20(27)25(12-8-11-24(3)4)21-22-18-16(28-5)9-10-17(29-6)19(18)30-21/h9-10,13H,7-8,11-12H2,1-6H3. The van der Waals surface area contributed by atoms with Crippen molar-refractivity contribution in [3.63, 3.8) is 0 Å². The van der Waals surface area contributed by atoms with Gasteiger partial charge in [0, 0.05) is 18.8 Å². The zero-order valence-corrected chi connectivity index (χ0v) is 19.2. The molecule has 3 rings (SSSR count). The number of fused-ring (bicyclic) bond motifs is 1. The van der Waals surface area contributed by atoms with Crippen LogP contribution in [0.4, 0.5) is 5.13 Å². The first-order valence-corrected chi connectivity index (χ1v) is 10.7. The van der Waals surface area contributed by atoms with E-state index < -0.39 is 0 Å². The van der Waals surface area contributed by atoms with Crippen LogP contribution in [0.15, 0.2) is 18.2 Å². The molecule has 0 fully saturated rings. The number of amides is 1. The average molecular weight is 432 g/mol. The van der Waals surface area contributed by atoms with E-state index in [1.165, 1.54) is 11.3 Å². The van der Waals surface area contributed by atoms with Crippen molar-refractivity contribution >= 4 is 32.6 Å². The predicted octanol–water partition coefficient (Wildman–Crippen LogP) is 3.44. The number of carbonyl (C=O) groups excluding carboxylic acids is 1. The van der Waals surface area contributed by atoms with Crippen LogP contribution in [-0.4, -0.2) is 67.0 Å². The second-order valence-corrected chi connectivity index (χ2v) is 8.22. The topological polar surface area (TPSA) is 72.7 Å². The molecule has 0 N–H and O–H groups in total. The van der Waals surface area contributed by atoms with Gasteiger partial charge in [0.15, 0.2) is 10.8 Å². The van der Waals surface area contributed by atoms with Crippen molar-refractivity contribution in [1.82, 2.24) is 19.7 Å². The largest absolute Gasteiger partial charge is 0.495 e. The Balaban J connectivity index is 2.04. The summed E-state index contributed by atoms with van der Waals surface area (Å²) in [7, 11) is 7.28. The summed E-state index contributed by atoms with van der Waals surface area (Å²) in [5, 5.41) is 5.09. The first-order valence-electron chi connectivity index (χ1n) is 9.92. The second-order valence-electron chi connectivity index (χ2n) is 7.24. The summed E-state index contributed by atoms with van der Waals surface area (Å²) < 4.78 is 13.7. The van der Waals surface area contributed by atoms with E-state index in [-0.39, 0.29) is 5.91 Å². The van der Waals surface area contributed by atoms with Crippen LogP contribution in [0.5, 0.6) is 11.5 Å². The molecule has 2 heterocycles. The molecule has 0 aliphatic carbocycles. The van der Waals surface area contributed by atoms with Gasteiger partial charge in [-0.3, -0.25) is 14.4 Å². The number of anilines is 1. The van der Waals surface area contributed by atoms with Gasteiger partial charge in [0.2, 0.25) is 0 Å². The van der Waals surface area contributed by atoms with Crippen molar-refractivity contribution in [1.29, 1.82) is 0 Å². The van der Waals surface area contributed by atoms with E-state index in [0.717, 1.165) is 29.9 Å². The Morgan fingerprint density at radius 1 is 1.17 bits per heavy atom. The minimum atomic E-state index is -0.152. The smallest absolute Gasteiger partial charge is 0.280 e. The number of nitrogens with zero attached hydrogens (tertiary/aromatic N) is 5. The summed E-state index contributed by atoms with van der Waals surface area (Å²) in [4.78, 5) is 22.0. The van der Waals surface area contributed by atoms with Gasteiger partial charge in [-0.1, -0.05) is 11.3 Å². The Bertz CT molecular complexity index is 986. The molecule has 8 nitrogen and oxygen atoms in total. The van der Waals surface area contributed by atoms with Crippen LogP contribution in [0.2, 0.25) is 0 Å². The summed E-state index contributed by atoms with van der Waals surface area (Å²) in [6.45, 7) is 6.09. The van der Waals surface area contributed by atoms with E-state index in [1.54, 1.807) is 19.1 Å². The number of aryl methyl sites for hydroxylation is 2. The number of thiazole rings is 1. The van der Waals surface area contributed by atoms with E-state index in [2.05, 4.69) is 10.00 Å². The lowest BCUT2D eigenvalue weighted by Gasteiger charge is -2.20.